The maximum atomic E-state index is 5.28. The highest BCUT2D eigenvalue weighted by molar-refractivity contribution is 6.42. The number of nitrogens with zero attached hydrogens (tertiary/aromatic N) is 2. The van der Waals surface area contributed by atoms with Crippen LogP contribution in [-0.2, 0) is 25.7 Å². The summed E-state index contributed by atoms with van der Waals surface area (Å²) in [5.41, 5.74) is 12.8. The molecule has 0 unspecified atom stereocenters. The minimum atomic E-state index is 0.857. The van der Waals surface area contributed by atoms with E-state index in [2.05, 4.69) is 102 Å². The fourth-order valence-corrected chi connectivity index (χ4v) is 5.99. The van der Waals surface area contributed by atoms with Crippen molar-refractivity contribution in [2.24, 2.45) is 9.98 Å². The summed E-state index contributed by atoms with van der Waals surface area (Å²) >= 11 is 0. The number of hydrogen-bond acceptors (Lipinski definition) is 2. The Balaban J connectivity index is 2.00. The molecule has 0 spiro atoms. The van der Waals surface area contributed by atoms with Gasteiger partial charge in [-0.2, -0.15) is 0 Å². The van der Waals surface area contributed by atoms with Crippen molar-refractivity contribution in [2.75, 3.05) is 0 Å². The fraction of sp³-hybridized carbons (Fsp3) is 0.512. The van der Waals surface area contributed by atoms with Gasteiger partial charge in [0.1, 0.15) is 0 Å². The number of rotatable bonds is 19. The highest BCUT2D eigenvalue weighted by Crippen LogP contribution is 2.34. The molecule has 0 atom stereocenters. The average molecular weight is 579 g/mol. The highest BCUT2D eigenvalue weighted by Gasteiger charge is 2.14. The maximum absolute atomic E-state index is 5.28. The third-order valence-corrected chi connectivity index (χ3v) is 8.59. The van der Waals surface area contributed by atoms with Crippen molar-refractivity contribution in [1.29, 1.82) is 0 Å². The van der Waals surface area contributed by atoms with Crippen LogP contribution in [0.4, 0.5) is 11.4 Å². The fourth-order valence-electron chi connectivity index (χ4n) is 5.99. The molecule has 232 valence electrons. The van der Waals surface area contributed by atoms with Crippen LogP contribution in [0.3, 0.4) is 0 Å². The molecule has 0 aliphatic carbocycles. The lowest BCUT2D eigenvalue weighted by atomic mass is 9.89. The van der Waals surface area contributed by atoms with E-state index in [9.17, 15) is 0 Å². The molecular weight excluding hydrogens is 520 g/mol. The summed E-state index contributed by atoms with van der Waals surface area (Å²) in [6.45, 7) is 13.5. The summed E-state index contributed by atoms with van der Waals surface area (Å²) in [6, 6.07) is 22.5. The predicted molar refractivity (Wildman–Crippen MR) is 192 cm³/mol. The number of aliphatic imine (C=N–C) groups is 2. The first kappa shape index (κ1) is 34.5. The Kier molecular flexibility index (Phi) is 15.5. The van der Waals surface area contributed by atoms with Gasteiger partial charge in [0.05, 0.1) is 22.8 Å². The quantitative estimate of drug-likeness (QED) is 0.0998. The molecule has 3 rings (SSSR count). The van der Waals surface area contributed by atoms with Crippen molar-refractivity contribution < 1.29 is 0 Å². The number of hydrogen-bond donors (Lipinski definition) is 0. The molecule has 0 radical (unpaired) electrons. The van der Waals surface area contributed by atoms with Gasteiger partial charge in [-0.3, -0.25) is 9.98 Å². The number of benzene rings is 3. The van der Waals surface area contributed by atoms with Crippen LogP contribution in [0.1, 0.15) is 134 Å². The van der Waals surface area contributed by atoms with Crippen molar-refractivity contribution in [3.05, 3.63) is 82.9 Å². The van der Waals surface area contributed by atoms with E-state index in [0.717, 1.165) is 48.5 Å². The Labute approximate surface area is 264 Å². The van der Waals surface area contributed by atoms with Gasteiger partial charge in [-0.05, 0) is 122 Å². The summed E-state index contributed by atoms with van der Waals surface area (Å²) in [5.74, 6) is 0. The highest BCUT2D eigenvalue weighted by atomic mass is 14.8. The minimum absolute atomic E-state index is 0.857. The minimum Gasteiger partial charge on any atom is -0.252 e. The van der Waals surface area contributed by atoms with Gasteiger partial charge in [0.25, 0.3) is 0 Å². The summed E-state index contributed by atoms with van der Waals surface area (Å²) in [7, 11) is 0. The Hall–Kier alpha value is -3.00. The van der Waals surface area contributed by atoms with Crippen molar-refractivity contribution in [1.82, 2.24) is 0 Å². The topological polar surface area (TPSA) is 24.7 Å². The Bertz CT molecular complexity index is 1300. The first-order chi connectivity index (χ1) is 21.0. The van der Waals surface area contributed by atoms with Gasteiger partial charge in [-0.1, -0.05) is 110 Å². The van der Waals surface area contributed by atoms with Crippen LogP contribution in [0.15, 0.2) is 70.6 Å². The third-order valence-electron chi connectivity index (χ3n) is 8.59. The Morgan fingerprint density at radius 3 is 1.84 bits per heavy atom. The number of unbranched alkanes of at least 4 members (excludes halogenated alkanes) is 6. The van der Waals surface area contributed by atoms with Crippen LogP contribution in [-0.4, -0.2) is 11.4 Å². The summed E-state index contributed by atoms with van der Waals surface area (Å²) in [5, 5.41) is 0. The van der Waals surface area contributed by atoms with Gasteiger partial charge in [0, 0.05) is 0 Å². The zero-order chi connectivity index (χ0) is 30.9. The van der Waals surface area contributed by atoms with Gasteiger partial charge in [0.15, 0.2) is 0 Å². The van der Waals surface area contributed by atoms with Crippen molar-refractivity contribution in [2.45, 2.75) is 138 Å². The van der Waals surface area contributed by atoms with E-state index in [-0.39, 0.29) is 0 Å². The van der Waals surface area contributed by atoms with E-state index >= 15 is 0 Å². The van der Waals surface area contributed by atoms with Crippen LogP contribution in [0.5, 0.6) is 0 Å². The second-order valence-corrected chi connectivity index (χ2v) is 12.2. The van der Waals surface area contributed by atoms with Crippen LogP contribution in [0, 0.1) is 0 Å². The molecule has 0 saturated carbocycles. The predicted octanol–water partition coefficient (Wildman–Crippen LogP) is 12.8. The van der Waals surface area contributed by atoms with E-state index in [1.165, 1.54) is 104 Å². The monoisotopic (exact) mass is 578 g/mol. The smallest absolute Gasteiger partial charge is 0.0642 e. The largest absolute Gasteiger partial charge is 0.252 e. The first-order valence-electron chi connectivity index (χ1n) is 17.5. The molecule has 3 aromatic rings. The molecule has 0 saturated heterocycles. The summed E-state index contributed by atoms with van der Waals surface area (Å²) in [6.07, 6.45) is 17.9. The number of aryl methyl sites for hydroxylation is 3. The standard InChI is InChI=1S/C41H58N2/c1-7-12-16-18-23-33-27-28-37(29-35(33)21-13-8-2)42-32(6)41(11-5)43-38-30-36(22-14-9-3)39(26-15-10-4)40(31-38)34-24-19-17-20-25-34/h17,19-20,24-25,27-31H,7-16,18,21-23,26H2,1-6H3. The molecule has 2 nitrogen and oxygen atoms in total. The normalized spacial score (nSPS) is 12.2. The van der Waals surface area contributed by atoms with E-state index < -0.39 is 0 Å². The van der Waals surface area contributed by atoms with Crippen LogP contribution in [0.25, 0.3) is 11.1 Å². The lowest BCUT2D eigenvalue weighted by Crippen LogP contribution is -2.09. The van der Waals surface area contributed by atoms with Gasteiger partial charge in [-0.25, -0.2) is 0 Å². The van der Waals surface area contributed by atoms with Gasteiger partial charge < -0.3 is 0 Å². The van der Waals surface area contributed by atoms with E-state index in [0.29, 0.717) is 0 Å². The summed E-state index contributed by atoms with van der Waals surface area (Å²) in [4.78, 5) is 10.4. The SMILES string of the molecule is CCCCCCc1ccc(N=C(C)C(CC)=Nc2cc(CCCC)c(CCCC)c(-c3ccccc3)c2)cc1CCCC. The molecule has 3 aromatic carbocycles. The van der Waals surface area contributed by atoms with E-state index in [4.69, 9.17) is 9.98 Å². The molecule has 43 heavy (non-hydrogen) atoms. The first-order valence-corrected chi connectivity index (χ1v) is 17.5. The second-order valence-electron chi connectivity index (χ2n) is 12.2. The Morgan fingerprint density at radius 1 is 0.535 bits per heavy atom. The van der Waals surface area contributed by atoms with Crippen molar-refractivity contribution in [3.8, 4) is 11.1 Å². The second kappa shape index (κ2) is 19.3. The van der Waals surface area contributed by atoms with Crippen LogP contribution >= 0.6 is 0 Å². The van der Waals surface area contributed by atoms with Crippen LogP contribution < -0.4 is 0 Å². The lowest BCUT2D eigenvalue weighted by Gasteiger charge is -2.17. The molecule has 2 heteroatoms. The average Bonchev–Trinajstić information content (AvgIpc) is 3.03. The molecule has 0 heterocycles. The zero-order valence-corrected chi connectivity index (χ0v) is 28.3. The molecule has 0 bridgehead atoms. The molecule has 0 aromatic heterocycles. The molecule has 0 fully saturated rings. The molecular formula is C41H58N2. The maximum Gasteiger partial charge on any atom is 0.0642 e. The van der Waals surface area contributed by atoms with Crippen molar-refractivity contribution in [3.63, 3.8) is 0 Å². The van der Waals surface area contributed by atoms with Gasteiger partial charge >= 0.3 is 0 Å². The van der Waals surface area contributed by atoms with E-state index in [1.807, 2.05) is 0 Å². The van der Waals surface area contributed by atoms with Gasteiger partial charge in [-0.15, -0.1) is 0 Å². The third kappa shape index (κ3) is 10.9. The van der Waals surface area contributed by atoms with E-state index in [1.54, 1.807) is 0 Å². The molecule has 0 aliphatic heterocycles. The van der Waals surface area contributed by atoms with Gasteiger partial charge in [0.2, 0.25) is 0 Å². The lowest BCUT2D eigenvalue weighted by molar-refractivity contribution is 0.662. The zero-order valence-electron chi connectivity index (χ0n) is 28.3. The molecule has 0 N–H and O–H groups in total. The molecule has 0 aliphatic rings. The van der Waals surface area contributed by atoms with Crippen LogP contribution in [0.2, 0.25) is 0 Å². The van der Waals surface area contributed by atoms with Crippen molar-refractivity contribution >= 4 is 22.8 Å². The summed E-state index contributed by atoms with van der Waals surface area (Å²) < 4.78 is 0. The Morgan fingerprint density at radius 2 is 1.16 bits per heavy atom. The molecule has 0 amide bonds.